The summed E-state index contributed by atoms with van der Waals surface area (Å²) in [5, 5.41) is 1.70. The van der Waals surface area contributed by atoms with Crippen LogP contribution < -0.4 is 4.72 Å². The Morgan fingerprint density at radius 3 is 2.30 bits per heavy atom. The summed E-state index contributed by atoms with van der Waals surface area (Å²) in [6.45, 7) is 5.63. The number of sulfonamides is 1. The summed E-state index contributed by atoms with van der Waals surface area (Å²) in [7, 11) is -8.37. The molecular formula is C21H34NO6PS. The molecule has 0 saturated carbocycles. The van der Waals surface area contributed by atoms with Crippen molar-refractivity contribution in [3.8, 4) is 0 Å². The van der Waals surface area contributed by atoms with Crippen LogP contribution >= 0.6 is 7.82 Å². The quantitative estimate of drug-likeness (QED) is 0.307. The van der Waals surface area contributed by atoms with Gasteiger partial charge in [-0.2, -0.15) is 0 Å². The van der Waals surface area contributed by atoms with E-state index in [1.165, 1.54) is 0 Å². The second-order valence-electron chi connectivity index (χ2n) is 6.76. The van der Waals surface area contributed by atoms with E-state index in [9.17, 15) is 13.0 Å². The van der Waals surface area contributed by atoms with Crippen LogP contribution in [0.1, 0.15) is 64.5 Å². The highest BCUT2D eigenvalue weighted by Crippen LogP contribution is 2.38. The molecule has 0 aliphatic heterocycles. The largest absolute Gasteiger partial charge is 0.469 e. The molecule has 0 aliphatic rings. The molecule has 0 saturated heterocycles. The summed E-state index contributed by atoms with van der Waals surface area (Å²) in [5.41, 5.74) is 0.612. The van der Waals surface area contributed by atoms with Crippen LogP contribution in [0.4, 0.5) is 0 Å². The summed E-state index contributed by atoms with van der Waals surface area (Å²) in [6.07, 6.45) is 4.50. The zero-order chi connectivity index (χ0) is 22.6. The maximum atomic E-state index is 12.5. The summed E-state index contributed by atoms with van der Waals surface area (Å²) in [4.78, 5) is 18.1. The maximum Gasteiger partial charge on any atom is 0.469 e. The fourth-order valence-corrected chi connectivity index (χ4v) is 4.76. The van der Waals surface area contributed by atoms with Crippen LogP contribution in [-0.2, 0) is 19.1 Å². The predicted molar refractivity (Wildman–Crippen MR) is 122 cm³/mol. The van der Waals surface area contributed by atoms with Gasteiger partial charge in [0.25, 0.3) is 0 Å². The number of fused-ring (bicyclic) bond motifs is 1. The molecule has 9 heteroatoms. The zero-order valence-corrected chi connectivity index (χ0v) is 19.7. The van der Waals surface area contributed by atoms with E-state index in [0.29, 0.717) is 12.0 Å². The van der Waals surface area contributed by atoms with Crippen LogP contribution in [0.15, 0.2) is 42.5 Å². The van der Waals surface area contributed by atoms with Crippen molar-refractivity contribution in [3.63, 3.8) is 0 Å². The van der Waals surface area contributed by atoms with Gasteiger partial charge in [-0.25, -0.2) is 17.7 Å². The molecular weight excluding hydrogens is 425 g/mol. The summed E-state index contributed by atoms with van der Waals surface area (Å²) in [6, 6.07) is 11.9. The number of phosphoric acid groups is 1. The molecule has 0 radical (unpaired) electrons. The molecule has 0 bridgehead atoms. The van der Waals surface area contributed by atoms with E-state index in [0.717, 1.165) is 36.5 Å². The van der Waals surface area contributed by atoms with Crippen LogP contribution in [0.5, 0.6) is 0 Å². The Kier molecular flexibility index (Phi) is 11.8. The van der Waals surface area contributed by atoms with Gasteiger partial charge in [0.05, 0.1) is 18.4 Å². The van der Waals surface area contributed by atoms with E-state index in [1.54, 1.807) is 12.1 Å². The molecule has 0 fully saturated rings. The third-order valence-corrected chi connectivity index (χ3v) is 6.40. The lowest BCUT2D eigenvalue weighted by molar-refractivity contribution is 0.183. The zero-order valence-electron chi connectivity index (χ0n) is 18.0. The molecule has 3 N–H and O–H groups in total. The molecule has 2 aromatic rings. The van der Waals surface area contributed by atoms with Crippen molar-refractivity contribution < 1.29 is 27.3 Å². The molecule has 0 aromatic heterocycles. The minimum absolute atomic E-state index is 0.0338. The van der Waals surface area contributed by atoms with Crippen LogP contribution in [0.3, 0.4) is 0 Å². The molecule has 170 valence electrons. The van der Waals surface area contributed by atoms with Crippen LogP contribution in [0.2, 0.25) is 0 Å². The highest BCUT2D eigenvalue weighted by Gasteiger charge is 2.25. The number of benzene rings is 2. The standard InChI is InChI=1S/C19H28NO6PS.C2H6/c1-2-3-4-5-8-14-28(24,25)20-19(15-26-27(21,22)23)18-13-9-11-16-10-6-7-12-17(16)18;1-2/h6-7,9-13,19-20H,2-5,8,14-15H2,1H3,(H2,21,22,23);1-2H3. The second kappa shape index (κ2) is 13.2. The number of phosphoric ester groups is 1. The molecule has 7 nitrogen and oxygen atoms in total. The average Bonchev–Trinajstić information content (AvgIpc) is 2.71. The van der Waals surface area contributed by atoms with E-state index in [2.05, 4.69) is 16.2 Å². The molecule has 0 heterocycles. The van der Waals surface area contributed by atoms with Crippen LogP contribution in [0.25, 0.3) is 10.8 Å². The van der Waals surface area contributed by atoms with Gasteiger partial charge in [-0.3, -0.25) is 4.52 Å². The first-order valence-corrected chi connectivity index (χ1v) is 13.6. The van der Waals surface area contributed by atoms with Crippen LogP contribution in [-0.4, -0.2) is 30.6 Å². The Labute approximate surface area is 180 Å². The fourth-order valence-electron chi connectivity index (χ4n) is 3.08. The van der Waals surface area contributed by atoms with Crippen molar-refractivity contribution in [2.24, 2.45) is 0 Å². The second-order valence-corrected chi connectivity index (χ2v) is 9.87. The average molecular weight is 460 g/mol. The fraction of sp³-hybridized carbons (Fsp3) is 0.524. The molecule has 0 spiro atoms. The van der Waals surface area contributed by atoms with Gasteiger partial charge in [-0.1, -0.05) is 88.9 Å². The first-order chi connectivity index (χ1) is 14.2. The molecule has 1 unspecified atom stereocenters. The Hall–Kier alpha value is -1.28. The normalized spacial score (nSPS) is 13.0. The number of nitrogens with one attached hydrogen (secondary N) is 1. The Bertz CT molecular complexity index is 907. The first kappa shape index (κ1) is 26.8. The highest BCUT2D eigenvalue weighted by molar-refractivity contribution is 7.89. The summed E-state index contributed by atoms with van der Waals surface area (Å²) in [5.74, 6) is -0.0338. The van der Waals surface area contributed by atoms with Gasteiger partial charge >= 0.3 is 7.82 Å². The lowest BCUT2D eigenvalue weighted by atomic mass is 10.00. The van der Waals surface area contributed by atoms with Crippen molar-refractivity contribution in [2.45, 2.75) is 58.9 Å². The van der Waals surface area contributed by atoms with Gasteiger partial charge in [-0.15, -0.1) is 0 Å². The summed E-state index contributed by atoms with van der Waals surface area (Å²) >= 11 is 0. The number of unbranched alkanes of at least 4 members (excludes halogenated alkanes) is 4. The smallest absolute Gasteiger partial charge is 0.303 e. The van der Waals surface area contributed by atoms with Crippen molar-refractivity contribution in [3.05, 3.63) is 48.0 Å². The van der Waals surface area contributed by atoms with Crippen molar-refractivity contribution in [1.82, 2.24) is 4.72 Å². The molecule has 2 aromatic carbocycles. The van der Waals surface area contributed by atoms with Gasteiger partial charge in [0.1, 0.15) is 0 Å². The monoisotopic (exact) mass is 459 g/mol. The van der Waals surface area contributed by atoms with Crippen LogP contribution in [0, 0.1) is 0 Å². The van der Waals surface area contributed by atoms with Crippen molar-refractivity contribution >= 4 is 28.6 Å². The maximum absolute atomic E-state index is 12.5. The Morgan fingerprint density at radius 1 is 1.00 bits per heavy atom. The molecule has 30 heavy (non-hydrogen) atoms. The van der Waals surface area contributed by atoms with E-state index in [1.807, 2.05) is 44.2 Å². The SMILES string of the molecule is CC.CCCCCCCS(=O)(=O)NC(COP(=O)(O)O)c1cccc2ccccc12. The predicted octanol–water partition coefficient (Wildman–Crippen LogP) is 4.91. The van der Waals surface area contributed by atoms with Gasteiger partial charge in [0.15, 0.2) is 0 Å². The first-order valence-electron chi connectivity index (χ1n) is 10.4. The Morgan fingerprint density at radius 2 is 1.63 bits per heavy atom. The van der Waals surface area contributed by atoms with Crippen molar-refractivity contribution in [2.75, 3.05) is 12.4 Å². The number of hydrogen-bond acceptors (Lipinski definition) is 4. The molecule has 2 rings (SSSR count). The van der Waals surface area contributed by atoms with Gasteiger partial charge in [0.2, 0.25) is 10.0 Å². The van der Waals surface area contributed by atoms with Gasteiger partial charge in [-0.05, 0) is 22.8 Å². The number of hydrogen-bond donors (Lipinski definition) is 3. The van der Waals surface area contributed by atoms with E-state index in [-0.39, 0.29) is 5.75 Å². The topological polar surface area (TPSA) is 113 Å². The van der Waals surface area contributed by atoms with Gasteiger partial charge in [0, 0.05) is 0 Å². The molecule has 0 amide bonds. The van der Waals surface area contributed by atoms with E-state index < -0.39 is 30.5 Å². The van der Waals surface area contributed by atoms with E-state index in [4.69, 9.17) is 9.79 Å². The number of rotatable bonds is 12. The van der Waals surface area contributed by atoms with E-state index >= 15 is 0 Å². The third-order valence-electron chi connectivity index (χ3n) is 4.45. The molecule has 0 aliphatic carbocycles. The highest BCUT2D eigenvalue weighted by atomic mass is 32.2. The molecule has 1 atom stereocenters. The minimum Gasteiger partial charge on any atom is -0.303 e. The summed E-state index contributed by atoms with van der Waals surface area (Å²) < 4.78 is 43.5. The van der Waals surface area contributed by atoms with Crippen molar-refractivity contribution in [1.29, 1.82) is 0 Å². The minimum atomic E-state index is -4.73. The third kappa shape index (κ3) is 9.69. The lowest BCUT2D eigenvalue weighted by Crippen LogP contribution is -2.33. The van der Waals surface area contributed by atoms with Gasteiger partial charge < -0.3 is 9.79 Å². The Balaban J connectivity index is 0.00000218. The lowest BCUT2D eigenvalue weighted by Gasteiger charge is -2.21.